The maximum atomic E-state index is 13.5. The quantitative estimate of drug-likeness (QED) is 0.601. The molecule has 0 saturated heterocycles. The molecule has 0 aliphatic carbocycles. The van der Waals surface area contributed by atoms with Gasteiger partial charge >= 0.3 is 5.97 Å². The van der Waals surface area contributed by atoms with E-state index in [4.69, 9.17) is 4.74 Å². The van der Waals surface area contributed by atoms with Crippen LogP contribution in [0.15, 0.2) is 30.1 Å². The lowest BCUT2D eigenvalue weighted by molar-refractivity contribution is -0.140. The second kappa shape index (κ2) is 5.98. The Labute approximate surface area is 97.7 Å². The summed E-state index contributed by atoms with van der Waals surface area (Å²) in [4.78, 5) is 11.0. The Hall–Kier alpha value is -1.91. The molecular weight excluding hydrogens is 230 g/mol. The molecule has 0 aromatic heterocycles. The summed E-state index contributed by atoms with van der Waals surface area (Å²) >= 11 is 0. The van der Waals surface area contributed by atoms with Gasteiger partial charge in [0.05, 0.1) is 13.7 Å². The monoisotopic (exact) mass is 242 g/mol. The first-order valence-corrected chi connectivity index (χ1v) is 4.97. The number of rotatable bonds is 4. The van der Waals surface area contributed by atoms with Gasteiger partial charge in [-0.1, -0.05) is 0 Å². The number of carbonyl (C=O) groups excluding carboxylic acids is 1. The third kappa shape index (κ3) is 3.27. The van der Waals surface area contributed by atoms with Crippen LogP contribution in [0.3, 0.4) is 0 Å². The van der Waals surface area contributed by atoms with Crippen molar-refractivity contribution in [2.75, 3.05) is 13.7 Å². The number of carbonyl (C=O) groups is 1. The Morgan fingerprint density at radius 1 is 1.24 bits per heavy atom. The topological polar surface area (TPSA) is 35.5 Å². The van der Waals surface area contributed by atoms with Crippen LogP contribution >= 0.6 is 0 Å². The molecule has 0 unspecified atom stereocenters. The van der Waals surface area contributed by atoms with Crippen molar-refractivity contribution >= 4 is 11.8 Å². The summed E-state index contributed by atoms with van der Waals surface area (Å²) < 4.78 is 36.0. The molecule has 0 heterocycles. The van der Waals surface area contributed by atoms with Crippen molar-refractivity contribution in [3.05, 3.63) is 35.7 Å². The molecule has 1 aromatic carbocycles. The zero-order valence-electron chi connectivity index (χ0n) is 9.50. The van der Waals surface area contributed by atoms with E-state index in [2.05, 4.69) is 4.74 Å². The van der Waals surface area contributed by atoms with Gasteiger partial charge in [-0.15, -0.1) is 0 Å². The standard InChI is InChI=1S/C12H12F2O3/c1-3-17-12(15)11(14)10(13)8-4-6-9(16-2)7-5-8/h4-7H,3H2,1-2H3/b11-10-. The molecule has 1 aromatic rings. The van der Waals surface area contributed by atoms with Gasteiger partial charge in [-0.05, 0) is 31.2 Å². The zero-order valence-corrected chi connectivity index (χ0v) is 9.50. The molecule has 0 bridgehead atoms. The van der Waals surface area contributed by atoms with Crippen LogP contribution in [0.4, 0.5) is 8.78 Å². The van der Waals surface area contributed by atoms with E-state index >= 15 is 0 Å². The molecule has 0 amide bonds. The predicted octanol–water partition coefficient (Wildman–Crippen LogP) is 2.87. The summed E-state index contributed by atoms with van der Waals surface area (Å²) in [6.07, 6.45) is 0. The lowest BCUT2D eigenvalue weighted by Crippen LogP contribution is -2.05. The molecule has 5 heteroatoms. The Kier molecular flexibility index (Phi) is 4.63. The molecule has 0 atom stereocenters. The molecule has 0 saturated carbocycles. The molecule has 0 N–H and O–H groups in total. The summed E-state index contributed by atoms with van der Waals surface area (Å²) in [5, 5.41) is 0. The summed E-state index contributed by atoms with van der Waals surface area (Å²) in [5.74, 6) is -3.57. The summed E-state index contributed by atoms with van der Waals surface area (Å²) in [6, 6.07) is 5.56. The summed E-state index contributed by atoms with van der Waals surface area (Å²) in [6.45, 7) is 1.50. The molecule has 0 fully saturated rings. The van der Waals surface area contributed by atoms with E-state index in [1.54, 1.807) is 0 Å². The van der Waals surface area contributed by atoms with Crippen LogP contribution < -0.4 is 4.74 Å². The van der Waals surface area contributed by atoms with Crippen LogP contribution in [0.5, 0.6) is 5.75 Å². The Morgan fingerprint density at radius 2 is 1.82 bits per heavy atom. The first-order chi connectivity index (χ1) is 8.10. The Morgan fingerprint density at radius 3 is 2.29 bits per heavy atom. The predicted molar refractivity (Wildman–Crippen MR) is 58.8 cm³/mol. The number of benzene rings is 1. The zero-order chi connectivity index (χ0) is 12.8. The van der Waals surface area contributed by atoms with E-state index in [-0.39, 0.29) is 12.2 Å². The summed E-state index contributed by atoms with van der Waals surface area (Å²) in [5.41, 5.74) is -0.0450. The second-order valence-corrected chi connectivity index (χ2v) is 3.08. The second-order valence-electron chi connectivity index (χ2n) is 3.08. The van der Waals surface area contributed by atoms with Gasteiger partial charge in [-0.25, -0.2) is 9.18 Å². The van der Waals surface area contributed by atoms with E-state index < -0.39 is 17.6 Å². The highest BCUT2D eigenvalue weighted by Gasteiger charge is 2.18. The molecule has 17 heavy (non-hydrogen) atoms. The Balaban J connectivity index is 2.97. The molecule has 0 aliphatic rings. The van der Waals surface area contributed by atoms with Gasteiger partial charge in [0.25, 0.3) is 0 Å². The molecule has 0 spiro atoms. The number of ether oxygens (including phenoxy) is 2. The van der Waals surface area contributed by atoms with Crippen molar-refractivity contribution < 1.29 is 23.0 Å². The molecule has 1 rings (SSSR count). The molecule has 3 nitrogen and oxygen atoms in total. The van der Waals surface area contributed by atoms with Gasteiger partial charge in [0.15, 0.2) is 5.83 Å². The Bertz CT molecular complexity index is 424. The SMILES string of the molecule is CCOC(=O)/C(F)=C(/F)c1ccc(OC)cc1. The van der Waals surface area contributed by atoms with Crippen LogP contribution in [-0.4, -0.2) is 19.7 Å². The highest BCUT2D eigenvalue weighted by atomic mass is 19.2. The maximum absolute atomic E-state index is 13.5. The van der Waals surface area contributed by atoms with E-state index in [1.165, 1.54) is 38.3 Å². The number of esters is 1. The summed E-state index contributed by atoms with van der Waals surface area (Å²) in [7, 11) is 1.46. The third-order valence-electron chi connectivity index (χ3n) is 1.99. The van der Waals surface area contributed by atoms with Crippen LogP contribution in [0, 0.1) is 0 Å². The average molecular weight is 242 g/mol. The van der Waals surface area contributed by atoms with Gasteiger partial charge in [0.2, 0.25) is 5.83 Å². The number of hydrogen-bond donors (Lipinski definition) is 0. The fourth-order valence-corrected chi connectivity index (χ4v) is 1.15. The maximum Gasteiger partial charge on any atom is 0.370 e. The van der Waals surface area contributed by atoms with Crippen LogP contribution in [-0.2, 0) is 9.53 Å². The van der Waals surface area contributed by atoms with Crippen LogP contribution in [0.1, 0.15) is 12.5 Å². The van der Waals surface area contributed by atoms with Gasteiger partial charge in [-0.3, -0.25) is 0 Å². The fourth-order valence-electron chi connectivity index (χ4n) is 1.15. The van der Waals surface area contributed by atoms with Crippen molar-refractivity contribution in [3.63, 3.8) is 0 Å². The molecule has 0 aliphatic heterocycles. The largest absolute Gasteiger partial charge is 0.497 e. The minimum Gasteiger partial charge on any atom is -0.497 e. The molecule has 0 radical (unpaired) electrons. The fraction of sp³-hybridized carbons (Fsp3) is 0.250. The van der Waals surface area contributed by atoms with E-state index in [1.807, 2.05) is 0 Å². The van der Waals surface area contributed by atoms with Gasteiger partial charge in [0.1, 0.15) is 5.75 Å². The van der Waals surface area contributed by atoms with E-state index in [0.29, 0.717) is 5.75 Å². The minimum absolute atomic E-state index is 0.0118. The minimum atomic E-state index is -1.53. The van der Waals surface area contributed by atoms with Crippen molar-refractivity contribution in [3.8, 4) is 5.75 Å². The highest BCUT2D eigenvalue weighted by molar-refractivity contribution is 5.93. The van der Waals surface area contributed by atoms with Gasteiger partial charge < -0.3 is 9.47 Å². The molecule has 92 valence electrons. The lowest BCUT2D eigenvalue weighted by Gasteiger charge is -2.03. The number of halogens is 2. The number of methoxy groups -OCH3 is 1. The third-order valence-corrected chi connectivity index (χ3v) is 1.99. The first-order valence-electron chi connectivity index (χ1n) is 4.97. The normalized spacial score (nSPS) is 11.8. The lowest BCUT2D eigenvalue weighted by atomic mass is 10.2. The van der Waals surface area contributed by atoms with E-state index in [9.17, 15) is 13.6 Å². The van der Waals surface area contributed by atoms with Crippen molar-refractivity contribution in [1.82, 2.24) is 0 Å². The average Bonchev–Trinajstić information content (AvgIpc) is 2.37. The highest BCUT2D eigenvalue weighted by Crippen LogP contribution is 2.24. The van der Waals surface area contributed by atoms with Crippen molar-refractivity contribution in [2.24, 2.45) is 0 Å². The number of hydrogen-bond acceptors (Lipinski definition) is 3. The van der Waals surface area contributed by atoms with Crippen LogP contribution in [0.2, 0.25) is 0 Å². The van der Waals surface area contributed by atoms with Crippen molar-refractivity contribution in [1.29, 1.82) is 0 Å². The first kappa shape index (κ1) is 13.2. The van der Waals surface area contributed by atoms with Crippen LogP contribution in [0.25, 0.3) is 5.83 Å². The van der Waals surface area contributed by atoms with Gasteiger partial charge in [-0.2, -0.15) is 4.39 Å². The van der Waals surface area contributed by atoms with Crippen molar-refractivity contribution in [2.45, 2.75) is 6.92 Å². The van der Waals surface area contributed by atoms with E-state index in [0.717, 1.165) is 0 Å². The molecular formula is C12H12F2O3. The van der Waals surface area contributed by atoms with Gasteiger partial charge in [0, 0.05) is 5.56 Å². The smallest absolute Gasteiger partial charge is 0.370 e.